The van der Waals surface area contributed by atoms with Crippen molar-refractivity contribution in [1.29, 1.82) is 0 Å². The highest BCUT2D eigenvalue weighted by Gasteiger charge is 2.21. The van der Waals surface area contributed by atoms with Crippen LogP contribution in [0.3, 0.4) is 0 Å². The maximum absolute atomic E-state index is 14.8. The zero-order valence-corrected chi connectivity index (χ0v) is 14.8. The van der Waals surface area contributed by atoms with E-state index in [2.05, 4.69) is 4.90 Å². The van der Waals surface area contributed by atoms with Crippen LogP contribution in [-0.2, 0) is 0 Å². The summed E-state index contributed by atoms with van der Waals surface area (Å²) >= 11 is 0. The number of nitrogens with zero attached hydrogens (tertiary/aromatic N) is 4. The lowest BCUT2D eigenvalue weighted by Gasteiger charge is -2.34. The van der Waals surface area contributed by atoms with Gasteiger partial charge in [-0.05, 0) is 31.3 Å². The quantitative estimate of drug-likeness (QED) is 0.760. The van der Waals surface area contributed by atoms with Crippen molar-refractivity contribution in [3.05, 3.63) is 64.5 Å². The summed E-state index contributed by atoms with van der Waals surface area (Å²) in [5.41, 5.74) is -0.219. The van der Waals surface area contributed by atoms with E-state index in [9.17, 15) is 19.1 Å². The molecule has 1 aliphatic rings. The predicted molar refractivity (Wildman–Crippen MR) is 100 cm³/mol. The molecule has 0 saturated carbocycles. The van der Waals surface area contributed by atoms with Gasteiger partial charge in [-0.1, -0.05) is 0 Å². The van der Waals surface area contributed by atoms with E-state index in [0.717, 1.165) is 19.2 Å². The van der Waals surface area contributed by atoms with Crippen LogP contribution in [0.4, 0.5) is 10.1 Å². The number of pyridine rings is 1. The second-order valence-corrected chi connectivity index (χ2v) is 6.70. The molecular weight excluding hydrogens is 351 g/mol. The SMILES string of the molecule is CN1CCN(c2cc3c(cc2F)c(=O)c(C(=O)O)cn3-n2cccc2)CC1. The number of carboxylic acid groups (broad SMARTS) is 1. The molecule has 0 radical (unpaired) electrons. The number of piperazine rings is 1. The van der Waals surface area contributed by atoms with Crippen LogP contribution in [0.5, 0.6) is 0 Å². The number of halogens is 1. The number of carboxylic acids is 1. The second kappa shape index (κ2) is 6.55. The third-order valence-corrected chi connectivity index (χ3v) is 4.96. The Balaban J connectivity index is 1.96. The standard InChI is InChI=1S/C19H19FN4O3/c1-21-6-8-22(9-7-21)17-11-16-13(10-15(17)20)18(25)14(19(26)27)12-24(16)23-4-2-3-5-23/h2-5,10-12H,6-9H2,1H3,(H,26,27). The molecular formula is C19H19FN4O3. The molecule has 1 aliphatic heterocycles. The molecule has 8 heteroatoms. The molecule has 0 spiro atoms. The Morgan fingerprint density at radius 2 is 1.78 bits per heavy atom. The van der Waals surface area contributed by atoms with Crippen molar-refractivity contribution in [2.75, 3.05) is 38.1 Å². The average Bonchev–Trinajstić information content (AvgIpc) is 3.17. The molecule has 4 rings (SSSR count). The van der Waals surface area contributed by atoms with E-state index in [1.807, 2.05) is 11.9 Å². The van der Waals surface area contributed by atoms with Crippen LogP contribution in [0, 0.1) is 5.82 Å². The highest BCUT2D eigenvalue weighted by Crippen LogP contribution is 2.26. The lowest BCUT2D eigenvalue weighted by atomic mass is 10.1. The molecule has 1 aromatic carbocycles. The van der Waals surface area contributed by atoms with E-state index in [0.29, 0.717) is 24.3 Å². The van der Waals surface area contributed by atoms with Gasteiger partial charge < -0.3 is 14.9 Å². The number of anilines is 1. The van der Waals surface area contributed by atoms with Crippen molar-refractivity contribution in [2.45, 2.75) is 0 Å². The first-order valence-electron chi connectivity index (χ1n) is 8.65. The number of hydrogen-bond donors (Lipinski definition) is 1. The van der Waals surface area contributed by atoms with Crippen LogP contribution in [-0.4, -0.2) is 58.6 Å². The fourth-order valence-electron chi connectivity index (χ4n) is 3.42. The van der Waals surface area contributed by atoms with Gasteiger partial charge in [0.2, 0.25) is 5.43 Å². The van der Waals surface area contributed by atoms with Gasteiger partial charge in [-0.15, -0.1) is 0 Å². The zero-order chi connectivity index (χ0) is 19.1. The summed E-state index contributed by atoms with van der Waals surface area (Å²) in [4.78, 5) is 28.2. The highest BCUT2D eigenvalue weighted by atomic mass is 19.1. The van der Waals surface area contributed by atoms with Crippen molar-refractivity contribution >= 4 is 22.6 Å². The Labute approximate surface area is 154 Å². The molecule has 0 unspecified atom stereocenters. The van der Waals surface area contributed by atoms with Crippen LogP contribution < -0.4 is 10.3 Å². The Hall–Kier alpha value is -3.13. The first-order chi connectivity index (χ1) is 13.0. The summed E-state index contributed by atoms with van der Waals surface area (Å²) < 4.78 is 18.0. The summed E-state index contributed by atoms with van der Waals surface area (Å²) in [6, 6.07) is 6.35. The Morgan fingerprint density at radius 1 is 1.11 bits per heavy atom. The van der Waals surface area contributed by atoms with Gasteiger partial charge in [0, 0.05) is 44.8 Å². The van der Waals surface area contributed by atoms with E-state index in [1.54, 1.807) is 39.9 Å². The molecule has 0 atom stereocenters. The molecule has 1 N–H and O–H groups in total. The van der Waals surface area contributed by atoms with Gasteiger partial charge in [-0.3, -0.25) is 14.1 Å². The molecule has 7 nitrogen and oxygen atoms in total. The van der Waals surface area contributed by atoms with Crippen LogP contribution in [0.2, 0.25) is 0 Å². The summed E-state index contributed by atoms with van der Waals surface area (Å²) in [6.45, 7) is 3.00. The third kappa shape index (κ3) is 2.97. The molecule has 1 fully saturated rings. The fraction of sp³-hybridized carbons (Fsp3) is 0.263. The lowest BCUT2D eigenvalue weighted by molar-refractivity contribution is 0.0694. The monoisotopic (exact) mass is 370 g/mol. The first-order valence-corrected chi connectivity index (χ1v) is 8.65. The molecule has 0 bridgehead atoms. The summed E-state index contributed by atoms with van der Waals surface area (Å²) in [5.74, 6) is -1.86. The largest absolute Gasteiger partial charge is 0.477 e. The number of rotatable bonds is 3. The fourth-order valence-corrected chi connectivity index (χ4v) is 3.42. The minimum Gasteiger partial charge on any atom is -0.477 e. The molecule has 1 saturated heterocycles. The van der Waals surface area contributed by atoms with Crippen molar-refractivity contribution in [3.63, 3.8) is 0 Å². The van der Waals surface area contributed by atoms with E-state index in [4.69, 9.17) is 0 Å². The Morgan fingerprint density at radius 3 is 2.41 bits per heavy atom. The minimum atomic E-state index is -1.34. The summed E-state index contributed by atoms with van der Waals surface area (Å²) in [7, 11) is 2.02. The Kier molecular flexibility index (Phi) is 4.19. The average molecular weight is 370 g/mol. The second-order valence-electron chi connectivity index (χ2n) is 6.70. The Bertz CT molecular complexity index is 1070. The molecule has 0 amide bonds. The summed E-state index contributed by atoms with van der Waals surface area (Å²) in [5, 5.41) is 9.41. The van der Waals surface area contributed by atoms with Gasteiger partial charge >= 0.3 is 5.97 Å². The topological polar surface area (TPSA) is 70.7 Å². The van der Waals surface area contributed by atoms with Crippen LogP contribution in [0.15, 0.2) is 47.7 Å². The maximum Gasteiger partial charge on any atom is 0.341 e. The van der Waals surface area contributed by atoms with Crippen molar-refractivity contribution in [1.82, 2.24) is 14.3 Å². The number of aromatic carboxylic acids is 1. The maximum atomic E-state index is 14.8. The van der Waals surface area contributed by atoms with Crippen LogP contribution >= 0.6 is 0 Å². The number of fused-ring (bicyclic) bond motifs is 1. The van der Waals surface area contributed by atoms with Crippen molar-refractivity contribution in [3.8, 4) is 0 Å². The number of benzene rings is 1. The highest BCUT2D eigenvalue weighted by molar-refractivity contribution is 5.93. The van der Waals surface area contributed by atoms with E-state index in [-0.39, 0.29) is 5.39 Å². The van der Waals surface area contributed by atoms with Gasteiger partial charge in [-0.25, -0.2) is 9.18 Å². The molecule has 27 heavy (non-hydrogen) atoms. The van der Waals surface area contributed by atoms with Crippen molar-refractivity contribution in [2.24, 2.45) is 0 Å². The van der Waals surface area contributed by atoms with Crippen LogP contribution in [0.1, 0.15) is 10.4 Å². The van der Waals surface area contributed by atoms with Gasteiger partial charge in [0.15, 0.2) is 0 Å². The molecule has 0 aliphatic carbocycles. The number of likely N-dealkylation sites (N-methyl/N-ethyl adjacent to an activating group) is 1. The van der Waals surface area contributed by atoms with Gasteiger partial charge in [0.25, 0.3) is 0 Å². The third-order valence-electron chi connectivity index (χ3n) is 4.96. The minimum absolute atomic E-state index is 0.0407. The van der Waals surface area contributed by atoms with E-state index in [1.165, 1.54) is 6.20 Å². The predicted octanol–water partition coefficient (Wildman–Crippen LogP) is 1.70. The van der Waals surface area contributed by atoms with Gasteiger partial charge in [0.05, 0.1) is 16.6 Å². The zero-order valence-electron chi connectivity index (χ0n) is 14.8. The smallest absolute Gasteiger partial charge is 0.341 e. The van der Waals surface area contributed by atoms with Gasteiger partial charge in [0.1, 0.15) is 11.4 Å². The molecule has 3 heterocycles. The van der Waals surface area contributed by atoms with Crippen molar-refractivity contribution < 1.29 is 14.3 Å². The van der Waals surface area contributed by atoms with E-state index < -0.39 is 22.8 Å². The molecule has 140 valence electrons. The summed E-state index contributed by atoms with van der Waals surface area (Å²) in [6.07, 6.45) is 4.74. The number of aromatic nitrogens is 2. The van der Waals surface area contributed by atoms with Crippen LogP contribution in [0.25, 0.3) is 10.9 Å². The number of hydrogen-bond acceptors (Lipinski definition) is 4. The van der Waals surface area contributed by atoms with Gasteiger partial charge in [-0.2, -0.15) is 0 Å². The molecule has 2 aromatic heterocycles. The lowest BCUT2D eigenvalue weighted by Crippen LogP contribution is -2.44. The normalized spacial score (nSPS) is 15.4. The first kappa shape index (κ1) is 17.3. The van der Waals surface area contributed by atoms with E-state index >= 15 is 0 Å². The number of carbonyl (C=O) groups is 1. The molecule has 3 aromatic rings.